The number of piperazine rings is 2. The summed E-state index contributed by atoms with van der Waals surface area (Å²) in [5, 5.41) is 0. The van der Waals surface area contributed by atoms with Crippen LogP contribution in [-0.2, 0) is 16.1 Å². The minimum absolute atomic E-state index is 0.0513. The highest BCUT2D eigenvalue weighted by molar-refractivity contribution is 6.40. The fraction of sp³-hybridized carbons (Fsp3) is 0.400. The second-order valence-corrected chi connectivity index (χ2v) is 8.35. The zero-order chi connectivity index (χ0) is 22.5. The van der Waals surface area contributed by atoms with Gasteiger partial charge in [0.2, 0.25) is 0 Å². The second kappa shape index (κ2) is 9.96. The smallest absolute Gasteiger partial charge is 0.316 e. The predicted octanol–water partition coefficient (Wildman–Crippen LogP) is 2.23. The number of carbonyl (C=O) groups excluding carboxylic acids is 3. The summed E-state index contributed by atoms with van der Waals surface area (Å²) in [5.74, 6) is -0.947. The van der Waals surface area contributed by atoms with Crippen LogP contribution in [0.4, 0.5) is 5.69 Å². The van der Waals surface area contributed by atoms with Gasteiger partial charge in [-0.05, 0) is 42.8 Å². The molecule has 2 aliphatic rings. The van der Waals surface area contributed by atoms with Gasteiger partial charge < -0.3 is 14.7 Å². The Bertz CT molecular complexity index is 953. The number of nitrogens with zero attached hydrogens (tertiary/aromatic N) is 4. The first kappa shape index (κ1) is 22.0. The second-order valence-electron chi connectivity index (χ2n) is 8.35. The van der Waals surface area contributed by atoms with Crippen LogP contribution in [0.25, 0.3) is 0 Å². The van der Waals surface area contributed by atoms with Gasteiger partial charge in [-0.15, -0.1) is 0 Å². The van der Waals surface area contributed by atoms with Crippen LogP contribution in [0.2, 0.25) is 0 Å². The molecule has 168 valence electrons. The lowest BCUT2D eigenvalue weighted by Crippen LogP contribution is -2.54. The van der Waals surface area contributed by atoms with E-state index in [9.17, 15) is 14.4 Å². The number of para-hydroxylation sites is 1. The third kappa shape index (κ3) is 4.83. The summed E-state index contributed by atoms with van der Waals surface area (Å²) in [6.45, 7) is 7.90. The van der Waals surface area contributed by atoms with Gasteiger partial charge in [0.15, 0.2) is 0 Å². The zero-order valence-corrected chi connectivity index (χ0v) is 18.6. The fourth-order valence-corrected chi connectivity index (χ4v) is 4.33. The van der Waals surface area contributed by atoms with Crippen molar-refractivity contribution >= 4 is 23.4 Å². The highest BCUT2D eigenvalue weighted by Gasteiger charge is 2.33. The summed E-state index contributed by atoms with van der Waals surface area (Å²) in [5.41, 5.74) is 2.31. The number of hydrogen-bond acceptors (Lipinski definition) is 4. The Hall–Kier alpha value is -3.19. The Kier molecular flexibility index (Phi) is 6.85. The molecule has 0 atom stereocenters. The number of anilines is 1. The number of amides is 3. The van der Waals surface area contributed by atoms with Gasteiger partial charge in [-0.25, -0.2) is 0 Å². The molecule has 2 aliphatic heterocycles. The largest absolute Gasteiger partial charge is 0.336 e. The molecule has 0 aliphatic carbocycles. The molecule has 32 heavy (non-hydrogen) atoms. The van der Waals surface area contributed by atoms with Crippen LogP contribution >= 0.6 is 0 Å². The van der Waals surface area contributed by atoms with Crippen molar-refractivity contribution in [1.82, 2.24) is 14.7 Å². The summed E-state index contributed by atoms with van der Waals surface area (Å²) in [6, 6.07) is 16.7. The number of benzene rings is 2. The van der Waals surface area contributed by atoms with Gasteiger partial charge in [-0.3, -0.25) is 19.3 Å². The average Bonchev–Trinajstić information content (AvgIpc) is 2.83. The molecule has 4 rings (SSSR count). The molecule has 0 unspecified atom stereocenters. The minimum atomic E-state index is -0.503. The molecule has 0 aromatic heterocycles. The van der Waals surface area contributed by atoms with E-state index in [1.54, 1.807) is 4.90 Å². The minimum Gasteiger partial charge on any atom is -0.336 e. The van der Waals surface area contributed by atoms with Crippen LogP contribution in [0, 0.1) is 0 Å². The lowest BCUT2D eigenvalue weighted by molar-refractivity contribution is -0.146. The molecule has 0 N–H and O–H groups in total. The molecule has 7 nitrogen and oxygen atoms in total. The average molecular weight is 435 g/mol. The van der Waals surface area contributed by atoms with Crippen LogP contribution in [0.1, 0.15) is 29.3 Å². The molecule has 3 amide bonds. The molecular weight excluding hydrogens is 404 g/mol. The van der Waals surface area contributed by atoms with Gasteiger partial charge in [-0.1, -0.05) is 37.3 Å². The zero-order valence-electron chi connectivity index (χ0n) is 18.6. The van der Waals surface area contributed by atoms with E-state index in [-0.39, 0.29) is 5.91 Å². The third-order valence-corrected chi connectivity index (χ3v) is 6.15. The lowest BCUT2D eigenvalue weighted by Gasteiger charge is -2.34. The van der Waals surface area contributed by atoms with Crippen molar-refractivity contribution in [1.29, 1.82) is 0 Å². The van der Waals surface area contributed by atoms with Crippen molar-refractivity contribution in [3.05, 3.63) is 65.7 Å². The predicted molar refractivity (Wildman–Crippen MR) is 123 cm³/mol. The molecule has 0 spiro atoms. The quantitative estimate of drug-likeness (QED) is 0.654. The van der Waals surface area contributed by atoms with Gasteiger partial charge in [0.05, 0.1) is 0 Å². The van der Waals surface area contributed by atoms with Crippen molar-refractivity contribution in [3.63, 3.8) is 0 Å². The number of hydrogen-bond donors (Lipinski definition) is 0. The topological polar surface area (TPSA) is 64.2 Å². The van der Waals surface area contributed by atoms with Crippen molar-refractivity contribution in [2.24, 2.45) is 0 Å². The van der Waals surface area contributed by atoms with Crippen molar-refractivity contribution in [3.8, 4) is 0 Å². The van der Waals surface area contributed by atoms with Crippen molar-refractivity contribution in [2.45, 2.75) is 19.9 Å². The van der Waals surface area contributed by atoms with Crippen LogP contribution in [0.15, 0.2) is 54.6 Å². The third-order valence-electron chi connectivity index (χ3n) is 6.15. The molecule has 2 aromatic rings. The van der Waals surface area contributed by atoms with Gasteiger partial charge >= 0.3 is 11.8 Å². The molecule has 2 fully saturated rings. The maximum atomic E-state index is 12.8. The van der Waals surface area contributed by atoms with E-state index in [1.165, 1.54) is 4.90 Å². The maximum Gasteiger partial charge on any atom is 0.316 e. The number of carbonyl (C=O) groups is 3. The van der Waals surface area contributed by atoms with Crippen molar-refractivity contribution in [2.75, 3.05) is 50.7 Å². The van der Waals surface area contributed by atoms with Crippen molar-refractivity contribution < 1.29 is 14.4 Å². The highest BCUT2D eigenvalue weighted by atomic mass is 16.2. The molecule has 0 saturated carbocycles. The van der Waals surface area contributed by atoms with Crippen LogP contribution < -0.4 is 4.90 Å². The highest BCUT2D eigenvalue weighted by Crippen LogP contribution is 2.19. The molecule has 7 heteroatoms. The van der Waals surface area contributed by atoms with Crippen LogP contribution in [0.3, 0.4) is 0 Å². The summed E-state index contributed by atoms with van der Waals surface area (Å²) in [6.07, 6.45) is 1.13. The Balaban J connectivity index is 1.33. The van der Waals surface area contributed by atoms with E-state index in [0.717, 1.165) is 50.4 Å². The van der Waals surface area contributed by atoms with E-state index in [1.807, 2.05) is 59.5 Å². The van der Waals surface area contributed by atoms with Gasteiger partial charge in [0.1, 0.15) is 0 Å². The SMILES string of the molecule is CCCN1CCN(C(=O)c2ccc(CN3CCN(c4ccccc4)C(=O)C3=O)cc2)CC1. The van der Waals surface area contributed by atoms with E-state index < -0.39 is 11.8 Å². The molecule has 2 saturated heterocycles. The summed E-state index contributed by atoms with van der Waals surface area (Å²) in [7, 11) is 0. The van der Waals surface area contributed by atoms with E-state index in [2.05, 4.69) is 11.8 Å². The molecule has 2 aromatic carbocycles. The summed E-state index contributed by atoms with van der Waals surface area (Å²) in [4.78, 5) is 45.5. The monoisotopic (exact) mass is 434 g/mol. The Morgan fingerprint density at radius 2 is 1.50 bits per heavy atom. The van der Waals surface area contributed by atoms with E-state index in [0.29, 0.717) is 25.2 Å². The molecule has 2 heterocycles. The Labute approximate surface area is 189 Å². The van der Waals surface area contributed by atoms with E-state index in [4.69, 9.17) is 0 Å². The first-order chi connectivity index (χ1) is 15.6. The van der Waals surface area contributed by atoms with Gasteiger partial charge in [0.25, 0.3) is 5.91 Å². The number of rotatable bonds is 6. The Morgan fingerprint density at radius 3 is 2.16 bits per heavy atom. The lowest BCUT2D eigenvalue weighted by atomic mass is 10.1. The first-order valence-corrected chi connectivity index (χ1v) is 11.3. The first-order valence-electron chi connectivity index (χ1n) is 11.3. The molecule has 0 radical (unpaired) electrons. The standard InChI is InChI=1S/C25H30N4O3/c1-2-12-26-13-15-27(16-14-26)23(30)21-10-8-20(9-11-21)19-28-17-18-29(25(32)24(28)31)22-6-4-3-5-7-22/h3-11H,2,12-19H2,1H3. The Morgan fingerprint density at radius 1 is 0.812 bits per heavy atom. The maximum absolute atomic E-state index is 12.8. The summed E-state index contributed by atoms with van der Waals surface area (Å²) < 4.78 is 0. The summed E-state index contributed by atoms with van der Waals surface area (Å²) >= 11 is 0. The van der Waals surface area contributed by atoms with Gasteiger partial charge in [-0.2, -0.15) is 0 Å². The van der Waals surface area contributed by atoms with Crippen LogP contribution in [-0.4, -0.2) is 78.2 Å². The molecule has 0 bridgehead atoms. The van der Waals surface area contributed by atoms with E-state index >= 15 is 0 Å². The van der Waals surface area contributed by atoms with Crippen LogP contribution in [0.5, 0.6) is 0 Å². The normalized spacial score (nSPS) is 17.7. The molecular formula is C25H30N4O3. The fourth-order valence-electron chi connectivity index (χ4n) is 4.33. The van der Waals surface area contributed by atoms with Gasteiger partial charge in [0, 0.05) is 57.1 Å².